The van der Waals surface area contributed by atoms with Crippen molar-refractivity contribution in [3.63, 3.8) is 0 Å². The molecule has 4 heterocycles. The van der Waals surface area contributed by atoms with Gasteiger partial charge in [0.15, 0.2) is 0 Å². The fraction of sp³-hybridized carbons (Fsp3) is 0.412. The molecule has 23 heavy (non-hydrogen) atoms. The van der Waals surface area contributed by atoms with Gasteiger partial charge in [0, 0.05) is 24.5 Å². The number of ether oxygens (including phenoxy) is 1. The molecule has 1 aromatic heterocycles. The average molecular weight is 310 g/mol. The minimum absolute atomic E-state index is 0.143. The summed E-state index contributed by atoms with van der Waals surface area (Å²) in [4.78, 5) is 21.7. The zero-order valence-electron chi connectivity index (χ0n) is 13.0. The van der Waals surface area contributed by atoms with Crippen LogP contribution in [0.3, 0.4) is 0 Å². The number of aromatic nitrogens is 1. The zero-order valence-corrected chi connectivity index (χ0v) is 13.0. The Balaban J connectivity index is 1.84. The molecule has 5 rings (SSSR count). The summed E-state index contributed by atoms with van der Waals surface area (Å²) in [6.45, 7) is 4.74. The summed E-state index contributed by atoms with van der Waals surface area (Å²) in [5.41, 5.74) is 2.87. The second kappa shape index (κ2) is 4.58. The van der Waals surface area contributed by atoms with Gasteiger partial charge in [0.25, 0.3) is 5.91 Å². The molecule has 1 saturated heterocycles. The van der Waals surface area contributed by atoms with E-state index in [-0.39, 0.29) is 11.9 Å². The maximum absolute atomic E-state index is 12.9. The van der Waals surface area contributed by atoms with Crippen LogP contribution in [-0.4, -0.2) is 49.2 Å². The van der Waals surface area contributed by atoms with Crippen molar-refractivity contribution < 1.29 is 9.53 Å². The van der Waals surface area contributed by atoms with Crippen molar-refractivity contribution in [2.75, 3.05) is 36.0 Å². The van der Waals surface area contributed by atoms with Crippen LogP contribution in [0.5, 0.6) is 5.88 Å². The number of fused-ring (bicyclic) bond motifs is 4. The Kier molecular flexibility index (Phi) is 2.61. The van der Waals surface area contributed by atoms with E-state index in [1.54, 1.807) is 0 Å². The van der Waals surface area contributed by atoms with Crippen LogP contribution in [0.2, 0.25) is 0 Å². The summed E-state index contributed by atoms with van der Waals surface area (Å²) < 4.78 is 5.79. The van der Waals surface area contributed by atoms with Crippen molar-refractivity contribution >= 4 is 28.2 Å². The van der Waals surface area contributed by atoms with Crippen molar-refractivity contribution in [1.29, 1.82) is 0 Å². The fourth-order valence-electron chi connectivity index (χ4n) is 3.92. The summed E-state index contributed by atoms with van der Waals surface area (Å²) >= 11 is 0. The summed E-state index contributed by atoms with van der Waals surface area (Å²) in [5.74, 6) is 0.737. The van der Waals surface area contributed by atoms with Gasteiger partial charge in [0.1, 0.15) is 18.3 Å². The first-order chi connectivity index (χ1) is 11.2. The van der Waals surface area contributed by atoms with Gasteiger partial charge in [-0.3, -0.25) is 4.79 Å². The normalized spacial score (nSPS) is 25.9. The van der Waals surface area contributed by atoms with E-state index in [0.29, 0.717) is 31.6 Å². The molecule has 6 nitrogen and oxygen atoms in total. The van der Waals surface area contributed by atoms with Crippen LogP contribution in [0.25, 0.3) is 10.9 Å². The van der Waals surface area contributed by atoms with Crippen LogP contribution in [-0.2, 0) is 4.79 Å². The molecule has 6 heteroatoms. The molecule has 3 aliphatic heterocycles. The van der Waals surface area contributed by atoms with E-state index in [2.05, 4.69) is 28.2 Å². The molecule has 0 spiro atoms. The van der Waals surface area contributed by atoms with Gasteiger partial charge in [0.2, 0.25) is 5.88 Å². The smallest absolute Gasteiger partial charge is 0.251 e. The van der Waals surface area contributed by atoms with E-state index in [1.165, 1.54) is 0 Å². The molecular weight excluding hydrogens is 292 g/mol. The number of anilines is 2. The third-order valence-corrected chi connectivity index (χ3v) is 4.98. The van der Waals surface area contributed by atoms with Crippen molar-refractivity contribution in [2.45, 2.75) is 19.0 Å². The van der Waals surface area contributed by atoms with Crippen molar-refractivity contribution in [1.82, 2.24) is 10.3 Å². The highest BCUT2D eigenvalue weighted by Gasteiger charge is 2.44. The van der Waals surface area contributed by atoms with Gasteiger partial charge in [-0.2, -0.15) is 0 Å². The molecule has 2 aromatic rings. The first-order valence-electron chi connectivity index (χ1n) is 8.11. The first kappa shape index (κ1) is 13.1. The van der Waals surface area contributed by atoms with Crippen LogP contribution in [0.15, 0.2) is 24.3 Å². The highest BCUT2D eigenvalue weighted by atomic mass is 16.5. The SMILES string of the molecule is CC1CN2c3c4c(nc5ccccc35)OCCN4C(=O)C2CN1. The van der Waals surface area contributed by atoms with Crippen LogP contribution in [0.4, 0.5) is 11.4 Å². The predicted octanol–water partition coefficient (Wildman–Crippen LogP) is 1.14. The number of amides is 1. The number of nitrogens with one attached hydrogen (secondary N) is 1. The molecule has 1 fully saturated rings. The lowest BCUT2D eigenvalue weighted by Crippen LogP contribution is -2.65. The molecule has 1 aromatic carbocycles. The Hall–Kier alpha value is -2.34. The van der Waals surface area contributed by atoms with E-state index in [9.17, 15) is 4.79 Å². The van der Waals surface area contributed by atoms with Crippen LogP contribution in [0, 0.1) is 0 Å². The highest BCUT2D eigenvalue weighted by molar-refractivity contribution is 6.13. The number of pyridine rings is 1. The van der Waals surface area contributed by atoms with Gasteiger partial charge in [-0.15, -0.1) is 0 Å². The third kappa shape index (κ3) is 1.72. The largest absolute Gasteiger partial charge is 0.474 e. The lowest BCUT2D eigenvalue weighted by Gasteiger charge is -2.48. The molecular formula is C17H18N4O2. The van der Waals surface area contributed by atoms with Gasteiger partial charge in [0.05, 0.1) is 17.7 Å². The van der Waals surface area contributed by atoms with Crippen LogP contribution in [0.1, 0.15) is 6.92 Å². The van der Waals surface area contributed by atoms with Crippen LogP contribution >= 0.6 is 0 Å². The minimum atomic E-state index is -0.143. The molecule has 118 valence electrons. The maximum atomic E-state index is 12.9. The van der Waals surface area contributed by atoms with Crippen molar-refractivity contribution in [2.24, 2.45) is 0 Å². The molecule has 2 atom stereocenters. The van der Waals surface area contributed by atoms with Crippen molar-refractivity contribution in [3.8, 4) is 5.88 Å². The number of benzene rings is 1. The molecule has 3 aliphatic rings. The van der Waals surface area contributed by atoms with Gasteiger partial charge < -0.3 is 19.9 Å². The summed E-state index contributed by atoms with van der Waals surface area (Å²) in [7, 11) is 0. The molecule has 1 N–H and O–H groups in total. The van der Waals surface area contributed by atoms with Crippen LogP contribution < -0.4 is 19.9 Å². The first-order valence-corrected chi connectivity index (χ1v) is 8.11. The third-order valence-electron chi connectivity index (χ3n) is 4.98. The number of piperazine rings is 1. The quantitative estimate of drug-likeness (QED) is 0.791. The van der Waals surface area contributed by atoms with Gasteiger partial charge in [-0.25, -0.2) is 4.98 Å². The lowest BCUT2D eigenvalue weighted by atomic mass is 9.99. The summed E-state index contributed by atoms with van der Waals surface area (Å²) in [5, 5.41) is 4.52. The van der Waals surface area contributed by atoms with Gasteiger partial charge in [-0.05, 0) is 13.0 Å². The monoisotopic (exact) mass is 310 g/mol. The fourth-order valence-corrected chi connectivity index (χ4v) is 3.92. The Bertz CT molecular complexity index is 822. The van der Waals surface area contributed by atoms with E-state index >= 15 is 0 Å². The number of nitrogens with zero attached hydrogens (tertiary/aromatic N) is 3. The predicted molar refractivity (Wildman–Crippen MR) is 88.2 cm³/mol. The number of para-hydroxylation sites is 1. The van der Waals surface area contributed by atoms with Crippen molar-refractivity contribution in [3.05, 3.63) is 24.3 Å². The molecule has 1 amide bonds. The van der Waals surface area contributed by atoms with Gasteiger partial charge >= 0.3 is 0 Å². The Labute approximate surface area is 134 Å². The summed E-state index contributed by atoms with van der Waals surface area (Å²) in [6, 6.07) is 8.31. The zero-order chi connectivity index (χ0) is 15.6. The van der Waals surface area contributed by atoms with Gasteiger partial charge in [-0.1, -0.05) is 18.2 Å². The Morgan fingerprint density at radius 2 is 2.17 bits per heavy atom. The van der Waals surface area contributed by atoms with E-state index in [1.807, 2.05) is 23.1 Å². The summed E-state index contributed by atoms with van der Waals surface area (Å²) in [6.07, 6.45) is 0. The van der Waals surface area contributed by atoms with E-state index in [0.717, 1.165) is 28.8 Å². The maximum Gasteiger partial charge on any atom is 0.251 e. The number of rotatable bonds is 0. The molecule has 2 unspecified atom stereocenters. The second-order valence-corrected chi connectivity index (χ2v) is 6.45. The standard InChI is InChI=1S/C17H18N4O2/c1-10-9-21-13(8-18-10)17(22)20-6-7-23-16-15(20)14(21)11-4-2-3-5-12(11)19-16/h2-5,10,13,18H,6-9H2,1H3. The number of carbonyl (C=O) groups is 1. The van der Waals surface area contributed by atoms with E-state index in [4.69, 9.17) is 4.74 Å². The molecule has 0 radical (unpaired) electrons. The minimum Gasteiger partial charge on any atom is -0.474 e. The topological polar surface area (TPSA) is 57.7 Å². The Morgan fingerprint density at radius 3 is 3.09 bits per heavy atom. The number of carbonyl (C=O) groups excluding carboxylic acids is 1. The lowest BCUT2D eigenvalue weighted by molar-refractivity contribution is -0.120. The Morgan fingerprint density at radius 1 is 1.30 bits per heavy atom. The van der Waals surface area contributed by atoms with E-state index < -0.39 is 0 Å². The molecule has 0 saturated carbocycles. The molecule has 0 bridgehead atoms. The number of hydrogen-bond acceptors (Lipinski definition) is 5. The number of hydrogen-bond donors (Lipinski definition) is 1. The molecule has 0 aliphatic carbocycles. The highest BCUT2D eigenvalue weighted by Crippen LogP contribution is 2.47. The average Bonchev–Trinajstić information content (AvgIpc) is 2.58. The second-order valence-electron chi connectivity index (χ2n) is 6.45.